The quantitative estimate of drug-likeness (QED) is 0.663. The van der Waals surface area contributed by atoms with Crippen LogP contribution in [-0.4, -0.2) is 15.7 Å². The first kappa shape index (κ1) is 16.8. The molecule has 0 radical (unpaired) electrons. The number of hydrogen-bond acceptors (Lipinski definition) is 3. The predicted molar refractivity (Wildman–Crippen MR) is 64.4 cm³/mol. The Morgan fingerprint density at radius 2 is 1.61 bits per heavy atom. The van der Waals surface area contributed by atoms with Gasteiger partial charge < -0.3 is 0 Å². The van der Waals surface area contributed by atoms with Gasteiger partial charge in [0.25, 0.3) is 0 Å². The van der Waals surface area contributed by atoms with Crippen LogP contribution in [0.4, 0.5) is 30.7 Å². The summed E-state index contributed by atoms with van der Waals surface area (Å²) in [5, 5.41) is 7.64. The Hall–Kier alpha value is -2.52. The fourth-order valence-corrected chi connectivity index (χ4v) is 1.66. The van der Waals surface area contributed by atoms with E-state index in [1.165, 1.54) is 0 Å². The van der Waals surface area contributed by atoms with E-state index in [1.54, 1.807) is 0 Å². The molecule has 0 unspecified atom stereocenters. The SMILES string of the molecule is N=C(c1cc(F)cc(C(F)(F)F)c1)c1nccc(C(F)(F)F)n1. The van der Waals surface area contributed by atoms with E-state index in [0.29, 0.717) is 24.4 Å². The van der Waals surface area contributed by atoms with Gasteiger partial charge in [0, 0.05) is 11.8 Å². The van der Waals surface area contributed by atoms with Crippen LogP contribution in [0.1, 0.15) is 22.6 Å². The van der Waals surface area contributed by atoms with Gasteiger partial charge in [0.2, 0.25) is 0 Å². The molecule has 0 spiro atoms. The van der Waals surface area contributed by atoms with E-state index in [0.717, 1.165) is 0 Å². The molecule has 1 aromatic heterocycles. The molecule has 10 heteroatoms. The largest absolute Gasteiger partial charge is 0.433 e. The molecular formula is C13H6F7N3. The first-order valence-electron chi connectivity index (χ1n) is 5.86. The number of alkyl halides is 6. The smallest absolute Gasteiger partial charge is 0.296 e. The van der Waals surface area contributed by atoms with Crippen molar-refractivity contribution in [3.63, 3.8) is 0 Å². The summed E-state index contributed by atoms with van der Waals surface area (Å²) in [6.07, 6.45) is -8.97. The maximum absolute atomic E-state index is 13.3. The van der Waals surface area contributed by atoms with E-state index in [2.05, 4.69) is 9.97 Å². The van der Waals surface area contributed by atoms with Gasteiger partial charge in [-0.05, 0) is 24.3 Å². The zero-order valence-electron chi connectivity index (χ0n) is 10.9. The summed E-state index contributed by atoms with van der Waals surface area (Å²) >= 11 is 0. The average Bonchev–Trinajstić information content (AvgIpc) is 2.44. The third kappa shape index (κ3) is 3.82. The molecule has 1 aromatic carbocycles. The lowest BCUT2D eigenvalue weighted by Crippen LogP contribution is -2.15. The molecule has 0 saturated heterocycles. The Balaban J connectivity index is 2.48. The second-order valence-corrected chi connectivity index (χ2v) is 4.36. The summed E-state index contributed by atoms with van der Waals surface area (Å²) in [5.41, 5.74) is -4.18. The van der Waals surface area contributed by atoms with Crippen LogP contribution in [0.2, 0.25) is 0 Å². The zero-order valence-corrected chi connectivity index (χ0v) is 10.9. The standard InChI is InChI=1S/C13H6F7N3/c14-8-4-6(3-7(5-8)12(15,16)17)10(21)11-22-2-1-9(23-11)13(18,19)20/h1-5,21H. The first-order chi connectivity index (χ1) is 10.5. The van der Waals surface area contributed by atoms with Crippen LogP contribution in [0.25, 0.3) is 0 Å². The number of benzene rings is 1. The molecule has 122 valence electrons. The van der Waals surface area contributed by atoms with Gasteiger partial charge >= 0.3 is 12.4 Å². The summed E-state index contributed by atoms with van der Waals surface area (Å²) < 4.78 is 88.8. The highest BCUT2D eigenvalue weighted by molar-refractivity contribution is 6.08. The molecule has 23 heavy (non-hydrogen) atoms. The maximum Gasteiger partial charge on any atom is 0.433 e. The molecule has 1 heterocycles. The van der Waals surface area contributed by atoms with Crippen molar-refractivity contribution >= 4 is 5.71 Å². The molecule has 0 aliphatic rings. The van der Waals surface area contributed by atoms with E-state index < -0.39 is 46.5 Å². The molecule has 3 nitrogen and oxygen atoms in total. The zero-order chi connectivity index (χ0) is 17.4. The number of rotatable bonds is 2. The van der Waals surface area contributed by atoms with Crippen LogP contribution in [-0.2, 0) is 12.4 Å². The van der Waals surface area contributed by atoms with Gasteiger partial charge in [-0.3, -0.25) is 5.41 Å². The minimum Gasteiger partial charge on any atom is -0.296 e. The molecule has 0 aliphatic carbocycles. The summed E-state index contributed by atoms with van der Waals surface area (Å²) in [5.74, 6) is -2.05. The van der Waals surface area contributed by atoms with Crippen molar-refractivity contribution in [3.05, 3.63) is 58.9 Å². The van der Waals surface area contributed by atoms with Crippen LogP contribution in [0.3, 0.4) is 0 Å². The Labute approximate surface area is 124 Å². The average molecular weight is 337 g/mol. The predicted octanol–water partition coefficient (Wildman–Crippen LogP) is 4.07. The van der Waals surface area contributed by atoms with E-state index in [9.17, 15) is 30.7 Å². The number of nitrogens with zero attached hydrogens (tertiary/aromatic N) is 2. The molecule has 0 fully saturated rings. The minimum absolute atomic E-state index is 0.212. The van der Waals surface area contributed by atoms with Crippen molar-refractivity contribution in [2.75, 3.05) is 0 Å². The molecule has 0 atom stereocenters. The van der Waals surface area contributed by atoms with Gasteiger partial charge in [0.15, 0.2) is 5.82 Å². The molecule has 0 amide bonds. The summed E-state index contributed by atoms with van der Waals surface area (Å²) in [7, 11) is 0. The van der Waals surface area contributed by atoms with Crippen molar-refractivity contribution in [2.24, 2.45) is 0 Å². The van der Waals surface area contributed by atoms with E-state index in [1.807, 2.05) is 0 Å². The second-order valence-electron chi connectivity index (χ2n) is 4.36. The van der Waals surface area contributed by atoms with Gasteiger partial charge in [-0.2, -0.15) is 26.3 Å². The highest BCUT2D eigenvalue weighted by Crippen LogP contribution is 2.31. The topological polar surface area (TPSA) is 49.6 Å². The molecule has 2 rings (SSSR count). The molecular weight excluding hydrogens is 331 g/mol. The Bertz CT molecular complexity index is 750. The lowest BCUT2D eigenvalue weighted by atomic mass is 10.1. The van der Waals surface area contributed by atoms with Crippen molar-refractivity contribution in [3.8, 4) is 0 Å². The monoisotopic (exact) mass is 337 g/mol. The van der Waals surface area contributed by atoms with Gasteiger partial charge in [-0.1, -0.05) is 0 Å². The number of hydrogen-bond donors (Lipinski definition) is 1. The summed E-state index contributed by atoms with van der Waals surface area (Å²) in [4.78, 5) is 6.49. The fourth-order valence-electron chi connectivity index (χ4n) is 1.66. The minimum atomic E-state index is -4.87. The third-order valence-electron chi connectivity index (χ3n) is 2.68. The van der Waals surface area contributed by atoms with Crippen molar-refractivity contribution in [2.45, 2.75) is 12.4 Å². The van der Waals surface area contributed by atoms with Crippen molar-refractivity contribution in [1.29, 1.82) is 5.41 Å². The van der Waals surface area contributed by atoms with Crippen LogP contribution in [0, 0.1) is 11.2 Å². The van der Waals surface area contributed by atoms with Crippen LogP contribution < -0.4 is 0 Å². The van der Waals surface area contributed by atoms with Crippen LogP contribution in [0.15, 0.2) is 30.5 Å². The molecule has 0 bridgehead atoms. The molecule has 0 saturated carbocycles. The first-order valence-corrected chi connectivity index (χ1v) is 5.86. The van der Waals surface area contributed by atoms with Crippen molar-refractivity contribution in [1.82, 2.24) is 9.97 Å². The molecule has 2 aromatic rings. The van der Waals surface area contributed by atoms with E-state index in [-0.39, 0.29) is 6.07 Å². The van der Waals surface area contributed by atoms with Crippen LogP contribution >= 0.6 is 0 Å². The third-order valence-corrected chi connectivity index (χ3v) is 2.68. The van der Waals surface area contributed by atoms with Gasteiger partial charge in [-0.15, -0.1) is 0 Å². The summed E-state index contributed by atoms with van der Waals surface area (Å²) in [6, 6.07) is 1.78. The number of nitrogens with one attached hydrogen (secondary N) is 1. The Morgan fingerprint density at radius 3 is 2.17 bits per heavy atom. The highest BCUT2D eigenvalue weighted by atomic mass is 19.4. The van der Waals surface area contributed by atoms with Crippen LogP contribution in [0.5, 0.6) is 0 Å². The van der Waals surface area contributed by atoms with Gasteiger partial charge in [-0.25, -0.2) is 14.4 Å². The second kappa shape index (κ2) is 5.60. The lowest BCUT2D eigenvalue weighted by molar-refractivity contribution is -0.141. The van der Waals surface area contributed by atoms with Gasteiger partial charge in [0.05, 0.1) is 5.56 Å². The Kier molecular flexibility index (Phi) is 4.10. The van der Waals surface area contributed by atoms with Gasteiger partial charge in [0.1, 0.15) is 17.2 Å². The fraction of sp³-hybridized carbons (Fsp3) is 0.154. The van der Waals surface area contributed by atoms with E-state index >= 15 is 0 Å². The highest BCUT2D eigenvalue weighted by Gasteiger charge is 2.34. The summed E-state index contributed by atoms with van der Waals surface area (Å²) in [6.45, 7) is 0. The maximum atomic E-state index is 13.3. The Morgan fingerprint density at radius 1 is 0.957 bits per heavy atom. The van der Waals surface area contributed by atoms with E-state index in [4.69, 9.17) is 5.41 Å². The number of halogens is 7. The normalized spacial score (nSPS) is 12.3. The lowest BCUT2D eigenvalue weighted by Gasteiger charge is -2.11. The molecule has 0 aliphatic heterocycles. The molecule has 1 N–H and O–H groups in total. The van der Waals surface area contributed by atoms with Crippen molar-refractivity contribution < 1.29 is 30.7 Å². The number of aromatic nitrogens is 2.